The molecule has 3 rings (SSSR count). The molecule has 0 saturated carbocycles. The van der Waals surface area contributed by atoms with Gasteiger partial charge in [0.15, 0.2) is 0 Å². The second kappa shape index (κ2) is 5.75. The summed E-state index contributed by atoms with van der Waals surface area (Å²) < 4.78 is 0. The van der Waals surface area contributed by atoms with Gasteiger partial charge in [-0.15, -0.1) is 0 Å². The molecule has 0 fully saturated rings. The van der Waals surface area contributed by atoms with Crippen molar-refractivity contribution in [2.45, 2.75) is 13.0 Å². The zero-order valence-corrected chi connectivity index (χ0v) is 11.3. The number of imidazole rings is 1. The molecule has 4 N–H and O–H groups in total. The Morgan fingerprint density at radius 3 is 2.95 bits per heavy atom. The lowest BCUT2D eigenvalue weighted by Crippen LogP contribution is -2.16. The summed E-state index contributed by atoms with van der Waals surface area (Å²) >= 11 is 0. The number of aromatic nitrogens is 2. The fraction of sp³-hybridized carbons (Fsp3) is 0.188. The molecule has 1 heterocycles. The molecule has 0 bridgehead atoms. The molecule has 0 aliphatic carbocycles. The Morgan fingerprint density at radius 2 is 2.05 bits per heavy atom. The van der Waals surface area contributed by atoms with E-state index in [0.717, 1.165) is 36.2 Å². The number of nitrogens with zero attached hydrogens (tertiary/aromatic N) is 1. The van der Waals surface area contributed by atoms with Crippen LogP contribution in [-0.2, 0) is 13.0 Å². The highest BCUT2D eigenvalue weighted by Crippen LogP contribution is 2.12. The van der Waals surface area contributed by atoms with Crippen molar-refractivity contribution in [3.8, 4) is 0 Å². The van der Waals surface area contributed by atoms with Crippen molar-refractivity contribution in [2.75, 3.05) is 12.3 Å². The van der Waals surface area contributed by atoms with Crippen molar-refractivity contribution in [2.24, 2.45) is 0 Å². The van der Waals surface area contributed by atoms with Crippen LogP contribution in [0.4, 0.5) is 5.69 Å². The summed E-state index contributed by atoms with van der Waals surface area (Å²) in [4.78, 5) is 7.36. The lowest BCUT2D eigenvalue weighted by molar-refractivity contribution is 0.687. The first-order valence-electron chi connectivity index (χ1n) is 6.78. The summed E-state index contributed by atoms with van der Waals surface area (Å²) in [7, 11) is 0. The number of nitrogens with one attached hydrogen (secondary N) is 2. The topological polar surface area (TPSA) is 66.7 Å². The standard InChI is InChI=1S/C16H18N4/c17-14-3-1-2-13(8-14)10-18-7-6-12-4-5-15-16(9-12)20-11-19-15/h1-5,8-9,11,18H,6-7,10,17H2,(H,19,20). The Labute approximate surface area is 118 Å². The second-order valence-electron chi connectivity index (χ2n) is 4.93. The minimum atomic E-state index is 0.814. The van der Waals surface area contributed by atoms with Gasteiger partial charge in [0.25, 0.3) is 0 Å². The first-order chi connectivity index (χ1) is 9.81. The molecule has 0 atom stereocenters. The number of nitrogens with two attached hydrogens (primary N) is 1. The number of rotatable bonds is 5. The van der Waals surface area contributed by atoms with E-state index in [-0.39, 0.29) is 0 Å². The highest BCUT2D eigenvalue weighted by atomic mass is 14.9. The maximum atomic E-state index is 5.76. The quantitative estimate of drug-likeness (QED) is 0.491. The van der Waals surface area contributed by atoms with Crippen LogP contribution in [0.25, 0.3) is 11.0 Å². The summed E-state index contributed by atoms with van der Waals surface area (Å²) in [6.45, 7) is 1.78. The molecule has 0 amide bonds. The van der Waals surface area contributed by atoms with Crippen molar-refractivity contribution in [1.29, 1.82) is 0 Å². The molecule has 0 saturated heterocycles. The highest BCUT2D eigenvalue weighted by Gasteiger charge is 1.99. The molecule has 2 aromatic carbocycles. The van der Waals surface area contributed by atoms with Gasteiger partial charge in [-0.25, -0.2) is 4.98 Å². The normalized spacial score (nSPS) is 11.0. The van der Waals surface area contributed by atoms with Crippen LogP contribution >= 0.6 is 0 Å². The minimum absolute atomic E-state index is 0.814. The monoisotopic (exact) mass is 266 g/mol. The zero-order valence-electron chi connectivity index (χ0n) is 11.3. The van der Waals surface area contributed by atoms with E-state index in [1.54, 1.807) is 6.33 Å². The van der Waals surface area contributed by atoms with Gasteiger partial charge in [-0.05, 0) is 48.4 Å². The van der Waals surface area contributed by atoms with Crippen molar-refractivity contribution < 1.29 is 0 Å². The van der Waals surface area contributed by atoms with Crippen LogP contribution in [0.5, 0.6) is 0 Å². The van der Waals surface area contributed by atoms with Gasteiger partial charge in [-0.1, -0.05) is 18.2 Å². The molecule has 20 heavy (non-hydrogen) atoms. The lowest BCUT2D eigenvalue weighted by atomic mass is 10.1. The number of fused-ring (bicyclic) bond motifs is 1. The molecule has 0 unspecified atom stereocenters. The maximum absolute atomic E-state index is 5.76. The van der Waals surface area contributed by atoms with Crippen LogP contribution in [0, 0.1) is 0 Å². The highest BCUT2D eigenvalue weighted by molar-refractivity contribution is 5.75. The number of hydrogen-bond acceptors (Lipinski definition) is 3. The maximum Gasteiger partial charge on any atom is 0.0931 e. The van der Waals surface area contributed by atoms with E-state index >= 15 is 0 Å². The summed E-state index contributed by atoms with van der Waals surface area (Å²) in [6.07, 6.45) is 2.73. The number of benzene rings is 2. The minimum Gasteiger partial charge on any atom is -0.399 e. The molecule has 3 aromatic rings. The number of hydrogen-bond donors (Lipinski definition) is 3. The Hall–Kier alpha value is -2.33. The molecular weight excluding hydrogens is 248 g/mol. The molecule has 4 heteroatoms. The number of H-pyrrole nitrogens is 1. The van der Waals surface area contributed by atoms with E-state index < -0.39 is 0 Å². The zero-order chi connectivity index (χ0) is 13.8. The summed E-state index contributed by atoms with van der Waals surface area (Å²) in [6, 6.07) is 14.3. The fourth-order valence-corrected chi connectivity index (χ4v) is 2.31. The Kier molecular flexibility index (Phi) is 3.65. The van der Waals surface area contributed by atoms with E-state index in [1.807, 2.05) is 18.2 Å². The van der Waals surface area contributed by atoms with Gasteiger partial charge in [0, 0.05) is 12.2 Å². The average Bonchev–Trinajstić information content (AvgIpc) is 2.91. The fourth-order valence-electron chi connectivity index (χ4n) is 2.31. The largest absolute Gasteiger partial charge is 0.399 e. The predicted octanol–water partition coefficient (Wildman–Crippen LogP) is 2.48. The third-order valence-corrected chi connectivity index (χ3v) is 3.36. The van der Waals surface area contributed by atoms with E-state index in [0.29, 0.717) is 0 Å². The van der Waals surface area contributed by atoms with Crippen LogP contribution in [0.3, 0.4) is 0 Å². The smallest absolute Gasteiger partial charge is 0.0931 e. The molecule has 1 aromatic heterocycles. The van der Waals surface area contributed by atoms with E-state index in [9.17, 15) is 0 Å². The van der Waals surface area contributed by atoms with Crippen LogP contribution < -0.4 is 11.1 Å². The molecular formula is C16H18N4. The van der Waals surface area contributed by atoms with Crippen molar-refractivity contribution in [3.63, 3.8) is 0 Å². The third-order valence-electron chi connectivity index (χ3n) is 3.36. The van der Waals surface area contributed by atoms with Crippen LogP contribution in [-0.4, -0.2) is 16.5 Å². The van der Waals surface area contributed by atoms with Gasteiger partial charge in [0.2, 0.25) is 0 Å². The molecule has 0 aliphatic rings. The van der Waals surface area contributed by atoms with Crippen molar-refractivity contribution in [3.05, 3.63) is 59.9 Å². The van der Waals surface area contributed by atoms with Gasteiger partial charge in [-0.2, -0.15) is 0 Å². The van der Waals surface area contributed by atoms with Gasteiger partial charge >= 0.3 is 0 Å². The van der Waals surface area contributed by atoms with Gasteiger partial charge < -0.3 is 16.0 Å². The van der Waals surface area contributed by atoms with Crippen LogP contribution in [0.1, 0.15) is 11.1 Å². The lowest BCUT2D eigenvalue weighted by Gasteiger charge is -2.06. The SMILES string of the molecule is Nc1cccc(CNCCc2ccc3nc[nH]c3c2)c1. The Bertz CT molecular complexity index is 702. The van der Waals surface area contributed by atoms with E-state index in [4.69, 9.17) is 5.73 Å². The first kappa shape index (κ1) is 12.7. The third kappa shape index (κ3) is 2.97. The van der Waals surface area contributed by atoms with E-state index in [1.165, 1.54) is 11.1 Å². The predicted molar refractivity (Wildman–Crippen MR) is 82.4 cm³/mol. The Balaban J connectivity index is 1.52. The second-order valence-corrected chi connectivity index (χ2v) is 4.93. The molecule has 102 valence electrons. The average molecular weight is 266 g/mol. The molecule has 0 aliphatic heterocycles. The molecule has 4 nitrogen and oxygen atoms in total. The summed E-state index contributed by atoms with van der Waals surface area (Å²) in [5.74, 6) is 0. The van der Waals surface area contributed by atoms with Gasteiger partial charge in [-0.3, -0.25) is 0 Å². The summed E-state index contributed by atoms with van der Waals surface area (Å²) in [5, 5.41) is 3.44. The van der Waals surface area contributed by atoms with Gasteiger partial charge in [0.1, 0.15) is 0 Å². The number of aromatic amines is 1. The van der Waals surface area contributed by atoms with E-state index in [2.05, 4.69) is 39.6 Å². The first-order valence-corrected chi connectivity index (χ1v) is 6.78. The number of nitrogen functional groups attached to an aromatic ring is 1. The van der Waals surface area contributed by atoms with Crippen molar-refractivity contribution in [1.82, 2.24) is 15.3 Å². The number of anilines is 1. The van der Waals surface area contributed by atoms with Crippen LogP contribution in [0.15, 0.2) is 48.8 Å². The summed E-state index contributed by atoms with van der Waals surface area (Å²) in [5.41, 5.74) is 11.2. The van der Waals surface area contributed by atoms with Gasteiger partial charge in [0.05, 0.1) is 17.4 Å². The molecule has 0 radical (unpaired) electrons. The Morgan fingerprint density at radius 1 is 1.10 bits per heavy atom. The van der Waals surface area contributed by atoms with Crippen LogP contribution in [0.2, 0.25) is 0 Å². The van der Waals surface area contributed by atoms with Crippen molar-refractivity contribution >= 4 is 16.7 Å². The molecule has 0 spiro atoms.